The number of hydrogen-bond acceptors (Lipinski definition) is 4. The zero-order valence-electron chi connectivity index (χ0n) is 12.6. The van der Waals surface area contributed by atoms with E-state index in [1.165, 1.54) is 11.8 Å². The lowest BCUT2D eigenvalue weighted by molar-refractivity contribution is -0.118. The Morgan fingerprint density at radius 3 is 2.82 bits per heavy atom. The van der Waals surface area contributed by atoms with Crippen molar-refractivity contribution in [2.75, 3.05) is 5.75 Å². The summed E-state index contributed by atoms with van der Waals surface area (Å²) in [6, 6.07) is 4.17. The molecule has 0 unspecified atom stereocenters. The summed E-state index contributed by atoms with van der Waals surface area (Å²) >= 11 is 10.1. The number of benzene rings is 1. The molecule has 22 heavy (non-hydrogen) atoms. The standard InChI is InChI=1S/C14H17BrN4OS2/c1-8-5-11(9(2)4-10(8)15)22-7-13(20)16-6-12-17-18-14(21)19(12)3/h4-5H,6-7H2,1-3H3,(H,16,20)(H,18,21). The van der Waals surface area contributed by atoms with Gasteiger partial charge in [-0.2, -0.15) is 5.10 Å². The number of aromatic amines is 1. The molecule has 0 saturated carbocycles. The fourth-order valence-electron chi connectivity index (χ4n) is 1.82. The number of nitrogens with zero attached hydrogens (tertiary/aromatic N) is 2. The average molecular weight is 401 g/mol. The van der Waals surface area contributed by atoms with E-state index in [1.807, 2.05) is 20.9 Å². The van der Waals surface area contributed by atoms with E-state index < -0.39 is 0 Å². The summed E-state index contributed by atoms with van der Waals surface area (Å²) in [7, 11) is 1.82. The lowest BCUT2D eigenvalue weighted by Gasteiger charge is -2.09. The van der Waals surface area contributed by atoms with Crippen LogP contribution in [0.3, 0.4) is 0 Å². The van der Waals surface area contributed by atoms with Gasteiger partial charge in [-0.3, -0.25) is 9.89 Å². The Morgan fingerprint density at radius 2 is 2.18 bits per heavy atom. The molecule has 1 heterocycles. The van der Waals surface area contributed by atoms with Crippen LogP contribution in [-0.2, 0) is 18.4 Å². The van der Waals surface area contributed by atoms with Crippen LogP contribution in [0.1, 0.15) is 17.0 Å². The van der Waals surface area contributed by atoms with Crippen LogP contribution >= 0.6 is 39.9 Å². The minimum atomic E-state index is -0.0288. The van der Waals surface area contributed by atoms with Crippen LogP contribution in [0.4, 0.5) is 0 Å². The van der Waals surface area contributed by atoms with E-state index in [0.717, 1.165) is 20.5 Å². The highest BCUT2D eigenvalue weighted by Crippen LogP contribution is 2.28. The monoisotopic (exact) mass is 400 g/mol. The minimum Gasteiger partial charge on any atom is -0.348 e. The van der Waals surface area contributed by atoms with Crippen LogP contribution in [0.15, 0.2) is 21.5 Å². The molecule has 2 rings (SSSR count). The predicted molar refractivity (Wildman–Crippen MR) is 94.6 cm³/mol. The van der Waals surface area contributed by atoms with Crippen molar-refractivity contribution in [3.63, 3.8) is 0 Å². The highest BCUT2D eigenvalue weighted by atomic mass is 79.9. The number of carbonyl (C=O) groups excluding carboxylic acids is 1. The third-order valence-corrected chi connectivity index (χ3v) is 5.61. The van der Waals surface area contributed by atoms with Gasteiger partial charge in [-0.05, 0) is 49.3 Å². The number of nitrogens with one attached hydrogen (secondary N) is 2. The smallest absolute Gasteiger partial charge is 0.230 e. The van der Waals surface area contributed by atoms with Gasteiger partial charge in [-0.15, -0.1) is 11.8 Å². The van der Waals surface area contributed by atoms with E-state index in [9.17, 15) is 4.79 Å². The second-order valence-corrected chi connectivity index (χ2v) is 7.19. The molecule has 5 nitrogen and oxygen atoms in total. The summed E-state index contributed by atoms with van der Waals surface area (Å²) < 4.78 is 3.37. The number of hydrogen-bond donors (Lipinski definition) is 2. The molecule has 2 N–H and O–H groups in total. The SMILES string of the molecule is Cc1cc(SCC(=O)NCc2n[nH]c(=S)n2C)c(C)cc1Br. The van der Waals surface area contributed by atoms with Crippen molar-refractivity contribution in [1.82, 2.24) is 20.1 Å². The van der Waals surface area contributed by atoms with Gasteiger partial charge in [0.15, 0.2) is 10.6 Å². The third kappa shape index (κ3) is 4.21. The quantitative estimate of drug-likeness (QED) is 0.597. The molecule has 0 radical (unpaired) electrons. The highest BCUT2D eigenvalue weighted by Gasteiger charge is 2.08. The lowest BCUT2D eigenvalue weighted by atomic mass is 10.2. The van der Waals surface area contributed by atoms with Crippen LogP contribution < -0.4 is 5.32 Å². The molecular formula is C14H17BrN4OS2. The van der Waals surface area contributed by atoms with E-state index >= 15 is 0 Å². The molecule has 2 aromatic rings. The summed E-state index contributed by atoms with van der Waals surface area (Å²) in [5.41, 5.74) is 2.32. The number of thioether (sulfide) groups is 1. The predicted octanol–water partition coefficient (Wildman–Crippen LogP) is 3.27. The fourth-order valence-corrected chi connectivity index (χ4v) is 3.36. The third-order valence-electron chi connectivity index (χ3n) is 3.23. The molecule has 0 aliphatic heterocycles. The van der Waals surface area contributed by atoms with Gasteiger partial charge >= 0.3 is 0 Å². The largest absolute Gasteiger partial charge is 0.348 e. The number of H-pyrrole nitrogens is 1. The molecule has 1 amide bonds. The van der Waals surface area contributed by atoms with Crippen molar-refractivity contribution >= 4 is 45.8 Å². The number of aromatic nitrogens is 3. The Hall–Kier alpha value is -1.12. The number of halogens is 1. The number of rotatable bonds is 5. The van der Waals surface area contributed by atoms with Gasteiger partial charge in [-0.1, -0.05) is 15.9 Å². The molecule has 0 aliphatic carbocycles. The second-order valence-electron chi connectivity index (χ2n) is 4.94. The van der Waals surface area contributed by atoms with Crippen LogP contribution in [0, 0.1) is 18.6 Å². The lowest BCUT2D eigenvalue weighted by Crippen LogP contribution is -2.26. The molecule has 0 aliphatic rings. The maximum absolute atomic E-state index is 12.0. The van der Waals surface area contributed by atoms with Crippen LogP contribution in [0.5, 0.6) is 0 Å². The summed E-state index contributed by atoms with van der Waals surface area (Å²) in [6.45, 7) is 4.44. The summed E-state index contributed by atoms with van der Waals surface area (Å²) in [5.74, 6) is 1.05. The first kappa shape index (κ1) is 17.2. The second kappa shape index (κ2) is 7.43. The van der Waals surface area contributed by atoms with Crippen molar-refractivity contribution in [2.24, 2.45) is 7.05 Å². The van der Waals surface area contributed by atoms with Gasteiger partial charge in [-0.25, -0.2) is 0 Å². The van der Waals surface area contributed by atoms with Gasteiger partial charge < -0.3 is 9.88 Å². The Kier molecular flexibility index (Phi) is 5.82. The molecular weight excluding hydrogens is 384 g/mol. The summed E-state index contributed by atoms with van der Waals surface area (Å²) in [5, 5.41) is 9.60. The maximum Gasteiger partial charge on any atom is 0.230 e. The van der Waals surface area contributed by atoms with Gasteiger partial charge in [0.05, 0.1) is 12.3 Å². The molecule has 0 fully saturated rings. The Bertz CT molecular complexity index is 754. The first-order chi connectivity index (χ1) is 10.4. The van der Waals surface area contributed by atoms with E-state index in [2.05, 4.69) is 43.6 Å². The van der Waals surface area contributed by atoms with Crippen molar-refractivity contribution in [3.8, 4) is 0 Å². The molecule has 0 spiro atoms. The first-order valence-electron chi connectivity index (χ1n) is 6.65. The summed E-state index contributed by atoms with van der Waals surface area (Å²) in [6.07, 6.45) is 0. The first-order valence-corrected chi connectivity index (χ1v) is 8.83. The van der Waals surface area contributed by atoms with Crippen LogP contribution in [0.2, 0.25) is 0 Å². The molecule has 1 aromatic carbocycles. The molecule has 1 aromatic heterocycles. The number of carbonyl (C=O) groups is 1. The van der Waals surface area contributed by atoms with E-state index in [1.54, 1.807) is 4.57 Å². The van der Waals surface area contributed by atoms with Crippen LogP contribution in [-0.4, -0.2) is 26.4 Å². The van der Waals surface area contributed by atoms with Crippen LogP contribution in [0.25, 0.3) is 0 Å². The fraction of sp³-hybridized carbons (Fsp3) is 0.357. The van der Waals surface area contributed by atoms with Crippen molar-refractivity contribution < 1.29 is 4.79 Å². The van der Waals surface area contributed by atoms with Gasteiger partial charge in [0.1, 0.15) is 0 Å². The van der Waals surface area contributed by atoms with Gasteiger partial charge in [0.2, 0.25) is 5.91 Å². The Balaban J connectivity index is 1.89. The molecule has 0 atom stereocenters. The highest BCUT2D eigenvalue weighted by molar-refractivity contribution is 9.10. The van der Waals surface area contributed by atoms with Crippen molar-refractivity contribution in [2.45, 2.75) is 25.3 Å². The average Bonchev–Trinajstić information content (AvgIpc) is 2.79. The number of aryl methyl sites for hydroxylation is 2. The minimum absolute atomic E-state index is 0.0288. The zero-order chi connectivity index (χ0) is 16.3. The molecule has 8 heteroatoms. The molecule has 118 valence electrons. The van der Waals surface area contributed by atoms with Crippen molar-refractivity contribution in [3.05, 3.63) is 38.3 Å². The molecule has 0 bridgehead atoms. The zero-order valence-corrected chi connectivity index (χ0v) is 15.8. The van der Waals surface area contributed by atoms with E-state index in [4.69, 9.17) is 12.2 Å². The normalized spacial score (nSPS) is 10.7. The number of amides is 1. The Morgan fingerprint density at radius 1 is 1.45 bits per heavy atom. The maximum atomic E-state index is 12.0. The van der Waals surface area contributed by atoms with E-state index in [-0.39, 0.29) is 5.91 Å². The molecule has 0 saturated heterocycles. The topological polar surface area (TPSA) is 62.7 Å². The van der Waals surface area contributed by atoms with Gasteiger partial charge in [0, 0.05) is 16.4 Å². The summed E-state index contributed by atoms with van der Waals surface area (Å²) in [4.78, 5) is 13.1. The Labute approximate surface area is 147 Å². The van der Waals surface area contributed by atoms with Crippen molar-refractivity contribution in [1.29, 1.82) is 0 Å². The van der Waals surface area contributed by atoms with Gasteiger partial charge in [0.25, 0.3) is 0 Å². The van der Waals surface area contributed by atoms with E-state index in [0.29, 0.717) is 22.9 Å².